The highest BCUT2D eigenvalue weighted by Crippen LogP contribution is 2.27. The number of aryl methyl sites for hydroxylation is 2. The van der Waals surface area contributed by atoms with Gasteiger partial charge < -0.3 is 4.90 Å². The fraction of sp³-hybridized carbons (Fsp3) is 0.417. The first-order valence-corrected chi connectivity index (χ1v) is 7.08. The van der Waals surface area contributed by atoms with Crippen LogP contribution in [0.1, 0.15) is 15.2 Å². The molecule has 0 fully saturated rings. The highest BCUT2D eigenvalue weighted by molar-refractivity contribution is 7.20. The van der Waals surface area contributed by atoms with Crippen LogP contribution in [0, 0.1) is 6.92 Å². The maximum absolute atomic E-state index is 12.3. The van der Waals surface area contributed by atoms with Crippen LogP contribution in [-0.4, -0.2) is 40.3 Å². The molecule has 0 saturated carbocycles. The first-order valence-electron chi connectivity index (χ1n) is 5.73. The maximum atomic E-state index is 12.3. The van der Waals surface area contributed by atoms with Gasteiger partial charge in [-0.25, -0.2) is 4.98 Å². The Hall–Kier alpha value is -1.40. The number of thiophene rings is 1. The van der Waals surface area contributed by atoms with Crippen molar-refractivity contribution in [1.29, 1.82) is 0 Å². The summed E-state index contributed by atoms with van der Waals surface area (Å²) < 4.78 is 1.47. The second-order valence-electron chi connectivity index (χ2n) is 4.37. The minimum Gasteiger partial charge on any atom is -0.344 e. The van der Waals surface area contributed by atoms with Crippen LogP contribution in [0.3, 0.4) is 0 Å². The predicted octanol–water partition coefficient (Wildman–Crippen LogP) is 1.71. The zero-order chi connectivity index (χ0) is 14.2. The number of aromatic nitrogens is 2. The standard InChI is InChI=1S/C12H14ClN3O2S/c1-7-8-10(19-9(7)12(18)15(2)3)14-6-16(5-4-13)11(8)17/h6H,4-5H2,1-3H3. The largest absolute Gasteiger partial charge is 0.344 e. The monoisotopic (exact) mass is 299 g/mol. The fourth-order valence-corrected chi connectivity index (χ4v) is 3.16. The molecule has 0 N–H and O–H groups in total. The molecule has 0 aliphatic carbocycles. The Bertz CT molecular complexity index is 690. The van der Waals surface area contributed by atoms with Gasteiger partial charge in [0.1, 0.15) is 4.83 Å². The molecule has 2 aromatic rings. The van der Waals surface area contributed by atoms with Crippen molar-refractivity contribution in [2.75, 3.05) is 20.0 Å². The third-order valence-electron chi connectivity index (χ3n) is 2.84. The summed E-state index contributed by atoms with van der Waals surface area (Å²) in [5.41, 5.74) is 0.553. The van der Waals surface area contributed by atoms with Crippen LogP contribution >= 0.6 is 22.9 Å². The van der Waals surface area contributed by atoms with Crippen LogP contribution < -0.4 is 5.56 Å². The first kappa shape index (κ1) is 14.0. The molecule has 0 aliphatic heterocycles. The van der Waals surface area contributed by atoms with Gasteiger partial charge in [-0.2, -0.15) is 0 Å². The SMILES string of the molecule is Cc1c(C(=O)N(C)C)sc2ncn(CCCl)c(=O)c12. The van der Waals surface area contributed by atoms with Crippen molar-refractivity contribution in [1.82, 2.24) is 14.5 Å². The van der Waals surface area contributed by atoms with Gasteiger partial charge in [-0.05, 0) is 12.5 Å². The number of alkyl halides is 1. The number of carbonyl (C=O) groups is 1. The first-order chi connectivity index (χ1) is 8.97. The number of carbonyl (C=O) groups excluding carboxylic acids is 1. The van der Waals surface area contributed by atoms with Crippen LogP contribution in [0.15, 0.2) is 11.1 Å². The summed E-state index contributed by atoms with van der Waals surface area (Å²) in [6.07, 6.45) is 1.48. The van der Waals surface area contributed by atoms with E-state index in [4.69, 9.17) is 11.6 Å². The lowest BCUT2D eigenvalue weighted by molar-refractivity contribution is 0.0831. The highest BCUT2D eigenvalue weighted by atomic mass is 35.5. The molecule has 102 valence electrons. The molecule has 1 amide bonds. The third-order valence-corrected chi connectivity index (χ3v) is 4.20. The van der Waals surface area contributed by atoms with Crippen molar-refractivity contribution in [3.05, 3.63) is 27.1 Å². The molecule has 0 radical (unpaired) electrons. The second kappa shape index (κ2) is 5.30. The number of nitrogens with zero attached hydrogens (tertiary/aromatic N) is 3. The van der Waals surface area contributed by atoms with Gasteiger partial charge in [0.2, 0.25) is 0 Å². The van der Waals surface area contributed by atoms with E-state index in [1.54, 1.807) is 21.0 Å². The second-order valence-corrected chi connectivity index (χ2v) is 5.75. The van der Waals surface area contributed by atoms with E-state index in [1.807, 2.05) is 0 Å². The average Bonchev–Trinajstić information content (AvgIpc) is 2.70. The highest BCUT2D eigenvalue weighted by Gasteiger charge is 2.20. The minimum absolute atomic E-state index is 0.108. The molecule has 2 aromatic heterocycles. The van der Waals surface area contributed by atoms with Crippen LogP contribution in [0.2, 0.25) is 0 Å². The normalized spacial score (nSPS) is 10.9. The molecule has 2 heterocycles. The molecule has 2 rings (SSSR count). The van der Waals surface area contributed by atoms with Crippen LogP contribution in [-0.2, 0) is 6.54 Å². The summed E-state index contributed by atoms with van der Waals surface area (Å²) in [7, 11) is 3.37. The molecular formula is C12H14ClN3O2S. The van der Waals surface area contributed by atoms with E-state index in [-0.39, 0.29) is 11.5 Å². The van der Waals surface area contributed by atoms with Gasteiger partial charge in [0.25, 0.3) is 11.5 Å². The van der Waals surface area contributed by atoms with Gasteiger partial charge in [0.05, 0.1) is 16.6 Å². The van der Waals surface area contributed by atoms with Gasteiger partial charge in [-0.15, -0.1) is 22.9 Å². The zero-order valence-electron chi connectivity index (χ0n) is 10.9. The van der Waals surface area contributed by atoms with E-state index in [1.165, 1.54) is 27.1 Å². The van der Waals surface area contributed by atoms with Crippen LogP contribution in [0.5, 0.6) is 0 Å². The lowest BCUT2D eigenvalue weighted by Gasteiger charge is -2.08. The predicted molar refractivity (Wildman–Crippen MR) is 77.4 cm³/mol. The van der Waals surface area contributed by atoms with E-state index < -0.39 is 0 Å². The number of halogens is 1. The van der Waals surface area contributed by atoms with E-state index in [0.717, 1.165) is 0 Å². The van der Waals surface area contributed by atoms with Gasteiger partial charge in [-0.3, -0.25) is 14.2 Å². The van der Waals surface area contributed by atoms with Crippen molar-refractivity contribution in [2.45, 2.75) is 13.5 Å². The molecule has 0 saturated heterocycles. The molecule has 0 aliphatic rings. The molecule has 0 spiro atoms. The Morgan fingerprint density at radius 3 is 2.79 bits per heavy atom. The van der Waals surface area contributed by atoms with Crippen LogP contribution in [0.25, 0.3) is 10.2 Å². The van der Waals surface area contributed by atoms with Crippen LogP contribution in [0.4, 0.5) is 0 Å². The Labute approximate surface area is 119 Å². The number of amides is 1. The number of hydrogen-bond acceptors (Lipinski definition) is 4. The quantitative estimate of drug-likeness (QED) is 0.811. The lowest BCUT2D eigenvalue weighted by atomic mass is 10.2. The number of rotatable bonds is 3. The smallest absolute Gasteiger partial charge is 0.263 e. The van der Waals surface area contributed by atoms with E-state index >= 15 is 0 Å². The summed E-state index contributed by atoms with van der Waals surface area (Å²) in [6.45, 7) is 2.19. The number of hydrogen-bond donors (Lipinski definition) is 0. The lowest BCUT2D eigenvalue weighted by Crippen LogP contribution is -2.22. The maximum Gasteiger partial charge on any atom is 0.263 e. The van der Waals surface area contributed by atoms with Gasteiger partial charge in [-0.1, -0.05) is 0 Å². The van der Waals surface area contributed by atoms with E-state index in [2.05, 4.69) is 4.98 Å². The zero-order valence-corrected chi connectivity index (χ0v) is 12.5. The van der Waals surface area contributed by atoms with Crippen molar-refractivity contribution >= 4 is 39.1 Å². The summed E-state index contributed by atoms with van der Waals surface area (Å²) >= 11 is 6.90. The topological polar surface area (TPSA) is 55.2 Å². The van der Waals surface area contributed by atoms with Gasteiger partial charge in [0, 0.05) is 26.5 Å². The molecular weight excluding hydrogens is 286 g/mol. The molecule has 7 heteroatoms. The minimum atomic E-state index is -0.141. The average molecular weight is 300 g/mol. The van der Waals surface area contributed by atoms with Crippen molar-refractivity contribution in [3.63, 3.8) is 0 Å². The molecule has 5 nitrogen and oxygen atoms in total. The molecule has 0 unspecified atom stereocenters. The van der Waals surface area contributed by atoms with Gasteiger partial charge >= 0.3 is 0 Å². The van der Waals surface area contributed by atoms with Gasteiger partial charge in [0.15, 0.2) is 0 Å². The Morgan fingerprint density at radius 2 is 2.21 bits per heavy atom. The molecule has 0 bridgehead atoms. The molecule has 0 atom stereocenters. The van der Waals surface area contributed by atoms with Crippen molar-refractivity contribution < 1.29 is 4.79 Å². The van der Waals surface area contributed by atoms with E-state index in [0.29, 0.717) is 33.1 Å². The summed E-state index contributed by atoms with van der Waals surface area (Å²) in [5.74, 6) is 0.239. The van der Waals surface area contributed by atoms with Crippen molar-refractivity contribution in [3.8, 4) is 0 Å². The molecule has 19 heavy (non-hydrogen) atoms. The summed E-state index contributed by atoms with van der Waals surface area (Å²) in [5, 5.41) is 0.516. The summed E-state index contributed by atoms with van der Waals surface area (Å²) in [4.78, 5) is 31.2. The Morgan fingerprint density at radius 1 is 1.53 bits per heavy atom. The summed E-state index contributed by atoms with van der Waals surface area (Å²) in [6, 6.07) is 0. The van der Waals surface area contributed by atoms with E-state index in [9.17, 15) is 9.59 Å². The molecule has 0 aromatic carbocycles. The Kier molecular flexibility index (Phi) is 3.91. The Balaban J connectivity index is 2.68. The number of fused-ring (bicyclic) bond motifs is 1. The van der Waals surface area contributed by atoms with Crippen molar-refractivity contribution in [2.24, 2.45) is 0 Å². The third kappa shape index (κ3) is 2.37. The fourth-order valence-electron chi connectivity index (χ4n) is 1.82.